The Hall–Kier alpha value is -2.03. The average Bonchev–Trinajstić information content (AvgIpc) is 3.12. The third-order valence-corrected chi connectivity index (χ3v) is 11.7. The van der Waals surface area contributed by atoms with Crippen molar-refractivity contribution in [3.63, 3.8) is 0 Å². The largest absolute Gasteiger partial charge is 0.481 e. The predicted octanol–water partition coefficient (Wildman–Crippen LogP) is 4.09. The second kappa shape index (κ2) is 10.9. The van der Waals surface area contributed by atoms with Gasteiger partial charge in [0.15, 0.2) is 5.79 Å². The maximum absolute atomic E-state index is 11.8. The zero-order valence-corrected chi connectivity index (χ0v) is 22.6. The summed E-state index contributed by atoms with van der Waals surface area (Å²) in [4.78, 5) is 11.2. The smallest absolute Gasteiger partial charge is 0.303 e. The fraction of sp³-hybridized carbons (Fsp3) is 0.536. The lowest BCUT2D eigenvalue weighted by atomic mass is 9.91. The van der Waals surface area contributed by atoms with Gasteiger partial charge in [0, 0.05) is 12.8 Å². The molecule has 2 atom stereocenters. The third-order valence-electron chi connectivity index (χ3n) is 6.68. The predicted molar refractivity (Wildman–Crippen MR) is 140 cm³/mol. The molecule has 0 saturated carbocycles. The fourth-order valence-corrected chi connectivity index (χ4v) is 9.73. The fourth-order valence-electron chi connectivity index (χ4n) is 5.09. The summed E-state index contributed by atoms with van der Waals surface area (Å²) < 4.78 is 18.7. The molecule has 7 heteroatoms. The number of benzene rings is 2. The highest BCUT2D eigenvalue weighted by Gasteiger charge is 2.51. The van der Waals surface area contributed by atoms with E-state index in [0.717, 1.165) is 10.4 Å². The molecule has 1 heterocycles. The van der Waals surface area contributed by atoms with Crippen LogP contribution in [-0.2, 0) is 18.7 Å². The summed E-state index contributed by atoms with van der Waals surface area (Å²) in [6, 6.07) is 20.6. The van der Waals surface area contributed by atoms with E-state index in [1.54, 1.807) is 0 Å². The van der Waals surface area contributed by atoms with Gasteiger partial charge in [-0.3, -0.25) is 4.79 Å². The number of aliphatic hydroxyl groups is 1. The molecule has 3 rings (SSSR count). The van der Waals surface area contributed by atoms with Crippen molar-refractivity contribution in [2.45, 2.75) is 82.8 Å². The van der Waals surface area contributed by atoms with Gasteiger partial charge in [0.05, 0.1) is 24.9 Å². The van der Waals surface area contributed by atoms with Gasteiger partial charge >= 0.3 is 5.97 Å². The van der Waals surface area contributed by atoms with Gasteiger partial charge in [-0.2, -0.15) is 0 Å². The van der Waals surface area contributed by atoms with Crippen molar-refractivity contribution in [1.82, 2.24) is 0 Å². The van der Waals surface area contributed by atoms with Crippen LogP contribution in [0.4, 0.5) is 0 Å². The van der Waals surface area contributed by atoms with Crippen LogP contribution in [0.2, 0.25) is 5.04 Å². The summed E-state index contributed by atoms with van der Waals surface area (Å²) in [7, 11) is -2.85. The summed E-state index contributed by atoms with van der Waals surface area (Å²) in [5, 5.41) is 23.1. The molecule has 2 N–H and O–H groups in total. The van der Waals surface area contributed by atoms with E-state index in [4.69, 9.17) is 13.9 Å². The Labute approximate surface area is 210 Å². The molecular weight excluding hydrogens is 460 g/mol. The second-order valence-corrected chi connectivity index (χ2v) is 15.4. The van der Waals surface area contributed by atoms with Crippen LogP contribution in [0.3, 0.4) is 0 Å². The van der Waals surface area contributed by atoms with E-state index in [2.05, 4.69) is 45.0 Å². The summed E-state index contributed by atoms with van der Waals surface area (Å²) in [6.07, 6.45) is 0.677. The molecule has 0 spiro atoms. The topological polar surface area (TPSA) is 85.2 Å². The Balaban J connectivity index is 1.96. The van der Waals surface area contributed by atoms with E-state index in [-0.39, 0.29) is 24.2 Å². The van der Waals surface area contributed by atoms with Gasteiger partial charge in [0.1, 0.15) is 0 Å². The minimum atomic E-state index is -2.85. The highest BCUT2D eigenvalue weighted by molar-refractivity contribution is 6.99. The van der Waals surface area contributed by atoms with Crippen molar-refractivity contribution in [2.75, 3.05) is 13.2 Å². The molecule has 1 aliphatic rings. The van der Waals surface area contributed by atoms with Gasteiger partial charge in [-0.1, -0.05) is 81.4 Å². The number of carboxylic acid groups (broad SMARTS) is 1. The number of aliphatic carboxylic acids is 1. The summed E-state index contributed by atoms with van der Waals surface area (Å²) >= 11 is 0. The molecule has 192 valence electrons. The van der Waals surface area contributed by atoms with Crippen molar-refractivity contribution in [1.29, 1.82) is 0 Å². The maximum Gasteiger partial charge on any atom is 0.303 e. The van der Waals surface area contributed by atoms with E-state index >= 15 is 0 Å². The molecule has 2 aromatic rings. The quantitative estimate of drug-likeness (QED) is 0.452. The van der Waals surface area contributed by atoms with Crippen molar-refractivity contribution in [2.24, 2.45) is 0 Å². The molecule has 1 saturated heterocycles. The van der Waals surface area contributed by atoms with Crippen LogP contribution in [0.5, 0.6) is 0 Å². The van der Waals surface area contributed by atoms with Crippen LogP contribution in [0, 0.1) is 0 Å². The lowest BCUT2D eigenvalue weighted by molar-refractivity contribution is -0.148. The van der Waals surface area contributed by atoms with Crippen LogP contribution in [0.25, 0.3) is 0 Å². The Bertz CT molecular complexity index is 917. The maximum atomic E-state index is 11.8. The Morgan fingerprint density at radius 2 is 1.60 bits per heavy atom. The van der Waals surface area contributed by atoms with E-state index in [1.807, 2.05) is 50.2 Å². The average molecular weight is 501 g/mol. The lowest BCUT2D eigenvalue weighted by Crippen LogP contribution is -2.67. The number of carbonyl (C=O) groups is 1. The van der Waals surface area contributed by atoms with Gasteiger partial charge in [0.25, 0.3) is 8.32 Å². The summed E-state index contributed by atoms with van der Waals surface area (Å²) in [6.45, 7) is 10.8. The zero-order chi connectivity index (χ0) is 25.7. The first kappa shape index (κ1) is 27.6. The van der Waals surface area contributed by atoms with Gasteiger partial charge in [-0.05, 0) is 42.1 Å². The molecule has 1 aliphatic heterocycles. The molecule has 35 heavy (non-hydrogen) atoms. The lowest BCUT2D eigenvalue weighted by Gasteiger charge is -2.45. The highest BCUT2D eigenvalue weighted by atomic mass is 28.4. The highest BCUT2D eigenvalue weighted by Crippen LogP contribution is 2.38. The third kappa shape index (κ3) is 6.80. The zero-order valence-electron chi connectivity index (χ0n) is 21.6. The van der Waals surface area contributed by atoms with E-state index < -0.39 is 25.7 Å². The van der Waals surface area contributed by atoms with Gasteiger partial charge in [-0.15, -0.1) is 0 Å². The molecule has 0 unspecified atom stereocenters. The van der Waals surface area contributed by atoms with E-state index in [0.29, 0.717) is 25.9 Å². The first-order chi connectivity index (χ1) is 16.4. The minimum absolute atomic E-state index is 0.00492. The van der Waals surface area contributed by atoms with Crippen LogP contribution in [0.1, 0.15) is 60.3 Å². The number of carboxylic acids is 1. The van der Waals surface area contributed by atoms with Crippen molar-refractivity contribution in [3.8, 4) is 0 Å². The molecule has 2 aromatic carbocycles. The van der Waals surface area contributed by atoms with Gasteiger partial charge in [-0.25, -0.2) is 0 Å². The molecule has 1 fully saturated rings. The van der Waals surface area contributed by atoms with Crippen LogP contribution >= 0.6 is 0 Å². The van der Waals surface area contributed by atoms with Crippen LogP contribution in [0.15, 0.2) is 60.7 Å². The second-order valence-electron chi connectivity index (χ2n) is 11.1. The number of rotatable bonds is 11. The Morgan fingerprint density at radius 3 is 2.03 bits per heavy atom. The molecule has 0 amide bonds. The molecule has 0 radical (unpaired) electrons. The first-order valence-corrected chi connectivity index (χ1v) is 14.3. The van der Waals surface area contributed by atoms with E-state index in [9.17, 15) is 15.0 Å². The normalized spacial score (nSPS) is 19.9. The SMILES string of the molecule is CC1(C)OC[C@@H](C[C@@](O)(CCCC(=O)O)CO[Si](c2ccccc2)(c2ccccc2)C(C)(C)C)O1. The van der Waals surface area contributed by atoms with Crippen molar-refractivity contribution in [3.05, 3.63) is 60.7 Å². The number of hydrogen-bond acceptors (Lipinski definition) is 5. The van der Waals surface area contributed by atoms with Gasteiger partial charge < -0.3 is 24.1 Å². The van der Waals surface area contributed by atoms with Gasteiger partial charge in [0.2, 0.25) is 0 Å². The molecule has 0 aliphatic carbocycles. The standard InChI is InChI=1S/C28H40O6Si/c1-26(2,3)35(23-13-8-6-9-14-23,24-15-10-7-11-16-24)33-21-28(31,18-12-17-25(29)30)19-22-20-32-27(4,5)34-22/h6-11,13-16,22,31H,12,17-21H2,1-5H3,(H,29,30)/t22-,28+/m1/s1. The Kier molecular flexibility index (Phi) is 8.60. The number of ether oxygens (including phenoxy) is 2. The first-order valence-electron chi connectivity index (χ1n) is 12.4. The van der Waals surface area contributed by atoms with Crippen molar-refractivity contribution >= 4 is 24.7 Å². The summed E-state index contributed by atoms with van der Waals surface area (Å²) in [5.74, 6) is -1.58. The molecule has 0 bridgehead atoms. The minimum Gasteiger partial charge on any atom is -0.481 e. The Morgan fingerprint density at radius 1 is 1.06 bits per heavy atom. The molecular formula is C28H40O6Si. The van der Waals surface area contributed by atoms with Crippen molar-refractivity contribution < 1.29 is 28.9 Å². The van der Waals surface area contributed by atoms with Crippen LogP contribution < -0.4 is 10.4 Å². The molecule has 6 nitrogen and oxygen atoms in total. The monoisotopic (exact) mass is 500 g/mol. The summed E-state index contributed by atoms with van der Waals surface area (Å²) in [5.41, 5.74) is -1.25. The molecule has 0 aromatic heterocycles. The van der Waals surface area contributed by atoms with Crippen LogP contribution in [-0.4, -0.2) is 55.2 Å². The number of hydrogen-bond donors (Lipinski definition) is 2. The van der Waals surface area contributed by atoms with E-state index in [1.165, 1.54) is 0 Å².